The topological polar surface area (TPSA) is 47.6 Å². The molecule has 2 aromatic rings. The van der Waals surface area contributed by atoms with Gasteiger partial charge in [-0.05, 0) is 43.3 Å². The molecule has 23 heavy (non-hydrogen) atoms. The summed E-state index contributed by atoms with van der Waals surface area (Å²) in [7, 11) is 3.13. The summed E-state index contributed by atoms with van der Waals surface area (Å²) in [4.78, 5) is 13.3. The summed E-state index contributed by atoms with van der Waals surface area (Å²) in [6.07, 6.45) is 0. The Balaban J connectivity index is 2.04. The van der Waals surface area contributed by atoms with Crippen LogP contribution in [-0.2, 0) is 4.79 Å². The van der Waals surface area contributed by atoms with Crippen molar-refractivity contribution in [1.29, 1.82) is 0 Å². The standard InChI is InChI=1S/C17H18ClNO3S/c1-11(23-14-7-4-12(18)5-8-14)17(20)19-15-9-6-13(21-2)10-16(15)22-3/h4-11H,1-3H3,(H,19,20)/t11-/m0/s1. The number of rotatable bonds is 6. The molecule has 1 atom stereocenters. The molecule has 1 amide bonds. The number of hydrogen-bond acceptors (Lipinski definition) is 4. The van der Waals surface area contributed by atoms with Gasteiger partial charge in [0.05, 0.1) is 25.2 Å². The molecule has 0 saturated heterocycles. The van der Waals surface area contributed by atoms with Crippen LogP contribution in [-0.4, -0.2) is 25.4 Å². The SMILES string of the molecule is COc1ccc(NC(=O)[C@H](C)Sc2ccc(Cl)cc2)c(OC)c1. The molecule has 0 aromatic heterocycles. The van der Waals surface area contributed by atoms with Gasteiger partial charge in [-0.25, -0.2) is 0 Å². The zero-order valence-corrected chi connectivity index (χ0v) is 14.7. The van der Waals surface area contributed by atoms with Crippen molar-refractivity contribution in [3.63, 3.8) is 0 Å². The van der Waals surface area contributed by atoms with Crippen LogP contribution < -0.4 is 14.8 Å². The van der Waals surface area contributed by atoms with E-state index in [0.29, 0.717) is 22.2 Å². The normalized spacial score (nSPS) is 11.7. The highest BCUT2D eigenvalue weighted by Gasteiger charge is 2.16. The molecule has 6 heteroatoms. The molecule has 1 N–H and O–H groups in total. The Labute approximate surface area is 145 Å². The van der Waals surface area contributed by atoms with Crippen molar-refractivity contribution in [2.45, 2.75) is 17.1 Å². The number of ether oxygens (including phenoxy) is 2. The van der Waals surface area contributed by atoms with Gasteiger partial charge in [-0.1, -0.05) is 11.6 Å². The first-order chi connectivity index (χ1) is 11.0. The first-order valence-corrected chi connectivity index (χ1v) is 8.24. The molecule has 4 nitrogen and oxygen atoms in total. The van der Waals surface area contributed by atoms with Gasteiger partial charge in [0.15, 0.2) is 0 Å². The van der Waals surface area contributed by atoms with E-state index in [1.165, 1.54) is 11.8 Å². The van der Waals surface area contributed by atoms with Crippen molar-refractivity contribution < 1.29 is 14.3 Å². The number of hydrogen-bond donors (Lipinski definition) is 1. The quantitative estimate of drug-likeness (QED) is 0.780. The second-order valence-corrected chi connectivity index (χ2v) is 6.62. The van der Waals surface area contributed by atoms with Gasteiger partial charge >= 0.3 is 0 Å². The minimum absolute atomic E-state index is 0.103. The minimum Gasteiger partial charge on any atom is -0.497 e. The molecule has 0 aliphatic carbocycles. The summed E-state index contributed by atoms with van der Waals surface area (Å²) in [6, 6.07) is 12.7. The lowest BCUT2D eigenvalue weighted by Crippen LogP contribution is -2.22. The molecule has 0 heterocycles. The summed E-state index contributed by atoms with van der Waals surface area (Å²) in [5.74, 6) is 1.12. The zero-order valence-electron chi connectivity index (χ0n) is 13.1. The molecule has 0 fully saturated rings. The maximum Gasteiger partial charge on any atom is 0.237 e. The Bertz CT molecular complexity index is 676. The first kappa shape index (κ1) is 17.5. The van der Waals surface area contributed by atoms with E-state index in [-0.39, 0.29) is 11.2 Å². The van der Waals surface area contributed by atoms with Crippen LogP contribution in [0.25, 0.3) is 0 Å². The van der Waals surface area contributed by atoms with Crippen LogP contribution in [0.4, 0.5) is 5.69 Å². The number of carbonyl (C=O) groups excluding carboxylic acids is 1. The molecule has 0 saturated carbocycles. The van der Waals surface area contributed by atoms with Crippen molar-refractivity contribution in [3.8, 4) is 11.5 Å². The number of anilines is 1. The van der Waals surface area contributed by atoms with Crippen molar-refractivity contribution in [3.05, 3.63) is 47.5 Å². The number of nitrogens with one attached hydrogen (secondary N) is 1. The van der Waals surface area contributed by atoms with Crippen LogP contribution in [0, 0.1) is 0 Å². The number of halogens is 1. The monoisotopic (exact) mass is 351 g/mol. The third-order valence-corrected chi connectivity index (χ3v) is 4.53. The Morgan fingerprint density at radius 1 is 1.13 bits per heavy atom. The Morgan fingerprint density at radius 3 is 2.43 bits per heavy atom. The van der Waals surface area contributed by atoms with E-state index in [2.05, 4.69) is 5.32 Å². The Hall–Kier alpha value is -1.85. The molecule has 0 aliphatic heterocycles. The molecule has 0 bridgehead atoms. The van der Waals surface area contributed by atoms with E-state index < -0.39 is 0 Å². The molecule has 2 aromatic carbocycles. The van der Waals surface area contributed by atoms with E-state index in [1.54, 1.807) is 44.6 Å². The molecule has 0 spiro atoms. The highest BCUT2D eigenvalue weighted by Crippen LogP contribution is 2.30. The molecular weight excluding hydrogens is 334 g/mol. The van der Waals surface area contributed by atoms with Gasteiger partial charge in [0, 0.05) is 16.0 Å². The van der Waals surface area contributed by atoms with E-state index >= 15 is 0 Å². The maximum atomic E-state index is 12.4. The molecule has 0 aliphatic rings. The molecule has 0 radical (unpaired) electrons. The van der Waals surface area contributed by atoms with Gasteiger partial charge < -0.3 is 14.8 Å². The van der Waals surface area contributed by atoms with Crippen molar-refractivity contribution in [1.82, 2.24) is 0 Å². The van der Waals surface area contributed by atoms with Gasteiger partial charge in [0.25, 0.3) is 0 Å². The summed E-state index contributed by atoms with van der Waals surface area (Å²) >= 11 is 7.33. The summed E-state index contributed by atoms with van der Waals surface area (Å²) in [6.45, 7) is 1.85. The van der Waals surface area contributed by atoms with Crippen LogP contribution in [0.1, 0.15) is 6.92 Å². The smallest absolute Gasteiger partial charge is 0.237 e. The third-order valence-electron chi connectivity index (χ3n) is 3.16. The van der Waals surface area contributed by atoms with Gasteiger partial charge in [0.1, 0.15) is 11.5 Å². The van der Waals surface area contributed by atoms with Crippen molar-refractivity contribution in [2.24, 2.45) is 0 Å². The predicted octanol–water partition coefficient (Wildman–Crippen LogP) is 4.48. The molecular formula is C17H18ClNO3S. The fraction of sp³-hybridized carbons (Fsp3) is 0.235. The van der Waals surface area contributed by atoms with Gasteiger partial charge in [-0.3, -0.25) is 4.79 Å². The van der Waals surface area contributed by atoms with Crippen molar-refractivity contribution >= 4 is 35.0 Å². The van der Waals surface area contributed by atoms with Crippen LogP contribution in [0.2, 0.25) is 5.02 Å². The first-order valence-electron chi connectivity index (χ1n) is 6.98. The van der Waals surface area contributed by atoms with Crippen LogP contribution >= 0.6 is 23.4 Å². The second-order valence-electron chi connectivity index (χ2n) is 4.77. The average molecular weight is 352 g/mol. The maximum absolute atomic E-state index is 12.4. The number of methoxy groups -OCH3 is 2. The summed E-state index contributed by atoms with van der Waals surface area (Å²) in [5.41, 5.74) is 0.613. The van der Waals surface area contributed by atoms with Crippen molar-refractivity contribution in [2.75, 3.05) is 19.5 Å². The number of carbonyl (C=O) groups is 1. The lowest BCUT2D eigenvalue weighted by Gasteiger charge is -2.15. The number of amides is 1. The Kier molecular flexibility index (Phi) is 6.19. The highest BCUT2D eigenvalue weighted by molar-refractivity contribution is 8.00. The highest BCUT2D eigenvalue weighted by atomic mass is 35.5. The molecule has 2 rings (SSSR count). The molecule has 122 valence electrons. The fourth-order valence-electron chi connectivity index (χ4n) is 1.91. The van der Waals surface area contributed by atoms with Gasteiger partial charge in [0.2, 0.25) is 5.91 Å². The average Bonchev–Trinajstić information content (AvgIpc) is 2.57. The van der Waals surface area contributed by atoms with E-state index in [9.17, 15) is 4.79 Å². The van der Waals surface area contributed by atoms with Gasteiger partial charge in [-0.15, -0.1) is 11.8 Å². The Morgan fingerprint density at radius 2 is 1.83 bits per heavy atom. The van der Waals surface area contributed by atoms with Gasteiger partial charge in [-0.2, -0.15) is 0 Å². The van der Waals surface area contributed by atoms with Crippen LogP contribution in [0.3, 0.4) is 0 Å². The fourth-order valence-corrected chi connectivity index (χ4v) is 2.90. The van der Waals surface area contributed by atoms with Crippen LogP contribution in [0.15, 0.2) is 47.4 Å². The second kappa shape index (κ2) is 8.13. The third kappa shape index (κ3) is 4.81. The minimum atomic E-state index is -0.261. The summed E-state index contributed by atoms with van der Waals surface area (Å²) < 4.78 is 10.4. The van der Waals surface area contributed by atoms with E-state index in [4.69, 9.17) is 21.1 Å². The summed E-state index contributed by atoms with van der Waals surface area (Å²) in [5, 5.41) is 3.29. The van der Waals surface area contributed by atoms with E-state index in [0.717, 1.165) is 4.90 Å². The molecule has 0 unspecified atom stereocenters. The van der Waals surface area contributed by atoms with E-state index in [1.807, 2.05) is 19.1 Å². The predicted molar refractivity (Wildman–Crippen MR) is 94.9 cm³/mol. The largest absolute Gasteiger partial charge is 0.497 e. The van der Waals surface area contributed by atoms with Crippen LogP contribution in [0.5, 0.6) is 11.5 Å². The number of thioether (sulfide) groups is 1. The lowest BCUT2D eigenvalue weighted by atomic mass is 10.2. The lowest BCUT2D eigenvalue weighted by molar-refractivity contribution is -0.115. The number of benzene rings is 2. The zero-order chi connectivity index (χ0) is 16.8.